The van der Waals surface area contributed by atoms with Crippen LogP contribution in [-0.4, -0.2) is 48.6 Å². The highest BCUT2D eigenvalue weighted by Crippen LogP contribution is 2.02. The third-order valence-corrected chi connectivity index (χ3v) is 1.47. The van der Waals surface area contributed by atoms with Gasteiger partial charge in [-0.2, -0.15) is 0 Å². The van der Waals surface area contributed by atoms with Crippen molar-refractivity contribution in [2.45, 2.75) is 12.5 Å². The van der Waals surface area contributed by atoms with Gasteiger partial charge in [-0.3, -0.25) is 4.79 Å². The number of aliphatic hydroxyl groups excluding tert-OH is 2. The first-order chi connectivity index (χ1) is 5.60. The summed E-state index contributed by atoms with van der Waals surface area (Å²) < 4.78 is 4.76. The Morgan fingerprint density at radius 1 is 1.50 bits per heavy atom. The zero-order valence-electron chi connectivity index (χ0n) is 7.33. The maximum Gasteiger partial charge on any atom is 0.217 e. The molecule has 0 heterocycles. The third-order valence-electron chi connectivity index (χ3n) is 1.47. The van der Waals surface area contributed by atoms with Crippen LogP contribution in [0.4, 0.5) is 0 Å². The van der Waals surface area contributed by atoms with Gasteiger partial charge in [0.05, 0.1) is 19.8 Å². The highest BCUT2D eigenvalue weighted by molar-refractivity contribution is 5.73. The lowest BCUT2D eigenvalue weighted by Gasteiger charge is -2.29. The minimum atomic E-state index is -1.05. The van der Waals surface area contributed by atoms with Crippen molar-refractivity contribution in [3.05, 3.63) is 0 Å². The Hall–Kier alpha value is -0.650. The van der Waals surface area contributed by atoms with Gasteiger partial charge in [-0.25, -0.2) is 0 Å². The van der Waals surface area contributed by atoms with Crippen LogP contribution in [0.5, 0.6) is 0 Å². The van der Waals surface area contributed by atoms with Gasteiger partial charge < -0.3 is 20.3 Å². The summed E-state index contributed by atoms with van der Waals surface area (Å²) in [6.45, 7) is 0.698. The summed E-state index contributed by atoms with van der Waals surface area (Å²) in [6.07, 6.45) is 0. The summed E-state index contributed by atoms with van der Waals surface area (Å²) in [4.78, 5) is 10.7. The van der Waals surface area contributed by atoms with E-state index in [4.69, 9.17) is 14.9 Å². The van der Waals surface area contributed by atoms with E-state index in [1.807, 2.05) is 0 Å². The number of carbonyl (C=O) groups excluding carboxylic acids is 1. The molecule has 0 atom stereocenters. The number of ether oxygens (including phenoxy) is 1. The fraction of sp³-hybridized carbons (Fsp3) is 0.857. The van der Waals surface area contributed by atoms with Crippen molar-refractivity contribution in [3.63, 3.8) is 0 Å². The lowest BCUT2D eigenvalue weighted by atomic mass is 10.0. The number of rotatable bonds is 5. The fourth-order valence-corrected chi connectivity index (χ4v) is 0.906. The van der Waals surface area contributed by atoms with Crippen molar-refractivity contribution in [3.8, 4) is 0 Å². The minimum Gasteiger partial charge on any atom is -0.394 e. The number of carbonyl (C=O) groups is 1. The summed E-state index contributed by atoms with van der Waals surface area (Å²) in [6, 6.07) is 0. The molecule has 3 N–H and O–H groups in total. The van der Waals surface area contributed by atoms with Gasteiger partial charge in [-0.05, 0) is 0 Å². The molecule has 0 radical (unpaired) electrons. The van der Waals surface area contributed by atoms with Crippen LogP contribution in [0.2, 0.25) is 0 Å². The van der Waals surface area contributed by atoms with Gasteiger partial charge in [0.25, 0.3) is 0 Å². The van der Waals surface area contributed by atoms with Crippen LogP contribution in [0.3, 0.4) is 0 Å². The molecule has 0 aromatic carbocycles. The molecule has 0 aromatic rings. The SMILES string of the molecule is COCC(CO)(CO)NC(C)=O. The van der Waals surface area contributed by atoms with Crippen LogP contribution in [0.25, 0.3) is 0 Å². The molecule has 0 spiro atoms. The summed E-state index contributed by atoms with van der Waals surface area (Å²) >= 11 is 0. The lowest BCUT2D eigenvalue weighted by molar-refractivity contribution is -0.123. The molecule has 12 heavy (non-hydrogen) atoms. The van der Waals surface area contributed by atoms with Gasteiger partial charge >= 0.3 is 0 Å². The molecule has 0 rings (SSSR count). The van der Waals surface area contributed by atoms with Crippen LogP contribution in [0.1, 0.15) is 6.92 Å². The fourth-order valence-electron chi connectivity index (χ4n) is 0.906. The highest BCUT2D eigenvalue weighted by atomic mass is 16.5. The van der Waals surface area contributed by atoms with E-state index in [0.29, 0.717) is 0 Å². The Kier molecular flexibility index (Phi) is 4.80. The molecule has 0 unspecified atom stereocenters. The highest BCUT2D eigenvalue weighted by Gasteiger charge is 2.29. The van der Waals surface area contributed by atoms with E-state index in [0.717, 1.165) is 0 Å². The zero-order chi connectivity index (χ0) is 9.61. The molecule has 72 valence electrons. The molecule has 0 aliphatic rings. The van der Waals surface area contributed by atoms with E-state index >= 15 is 0 Å². The molecule has 0 bridgehead atoms. The summed E-state index contributed by atoms with van der Waals surface area (Å²) in [5.41, 5.74) is -1.05. The van der Waals surface area contributed by atoms with Crippen LogP contribution < -0.4 is 5.32 Å². The largest absolute Gasteiger partial charge is 0.394 e. The van der Waals surface area contributed by atoms with Gasteiger partial charge in [0, 0.05) is 14.0 Å². The lowest BCUT2D eigenvalue weighted by Crippen LogP contribution is -2.56. The average Bonchev–Trinajstić information content (AvgIpc) is 2.03. The van der Waals surface area contributed by atoms with Crippen molar-refractivity contribution in [2.75, 3.05) is 26.9 Å². The van der Waals surface area contributed by atoms with Crippen molar-refractivity contribution >= 4 is 5.91 Å². The Bertz CT molecular complexity index is 144. The molecule has 1 amide bonds. The van der Waals surface area contributed by atoms with E-state index in [-0.39, 0.29) is 25.7 Å². The first-order valence-electron chi connectivity index (χ1n) is 3.59. The second kappa shape index (κ2) is 5.08. The molecule has 5 heteroatoms. The summed E-state index contributed by atoms with van der Waals surface area (Å²) in [7, 11) is 1.43. The summed E-state index contributed by atoms with van der Waals surface area (Å²) in [5.74, 6) is -0.310. The zero-order valence-corrected chi connectivity index (χ0v) is 7.33. The molecular weight excluding hydrogens is 162 g/mol. The van der Waals surface area contributed by atoms with Crippen LogP contribution in [0, 0.1) is 0 Å². The van der Waals surface area contributed by atoms with Crippen LogP contribution >= 0.6 is 0 Å². The molecule has 0 saturated heterocycles. The maximum atomic E-state index is 10.7. The molecule has 0 aliphatic carbocycles. The van der Waals surface area contributed by atoms with E-state index < -0.39 is 5.54 Å². The Balaban J connectivity index is 4.23. The average molecular weight is 177 g/mol. The number of methoxy groups -OCH3 is 1. The quantitative estimate of drug-likeness (QED) is 0.477. The second-order valence-electron chi connectivity index (χ2n) is 2.71. The van der Waals surface area contributed by atoms with Gasteiger partial charge in [0.15, 0.2) is 0 Å². The second-order valence-corrected chi connectivity index (χ2v) is 2.71. The number of amides is 1. The first-order valence-corrected chi connectivity index (χ1v) is 3.59. The van der Waals surface area contributed by atoms with Crippen LogP contribution in [0.15, 0.2) is 0 Å². The Morgan fingerprint density at radius 2 is 2.00 bits per heavy atom. The molecule has 0 aromatic heterocycles. The number of hydrogen-bond donors (Lipinski definition) is 3. The van der Waals surface area contributed by atoms with E-state index in [9.17, 15) is 4.79 Å². The van der Waals surface area contributed by atoms with Gasteiger partial charge in [0.1, 0.15) is 5.54 Å². The normalized spacial score (nSPS) is 11.3. The van der Waals surface area contributed by atoms with Gasteiger partial charge in [-0.15, -0.1) is 0 Å². The Morgan fingerprint density at radius 3 is 2.25 bits per heavy atom. The monoisotopic (exact) mass is 177 g/mol. The number of nitrogens with one attached hydrogen (secondary N) is 1. The molecule has 0 aliphatic heterocycles. The third kappa shape index (κ3) is 3.17. The number of hydrogen-bond acceptors (Lipinski definition) is 4. The van der Waals surface area contributed by atoms with Crippen molar-refractivity contribution in [1.29, 1.82) is 0 Å². The molecule has 0 fully saturated rings. The predicted octanol–water partition coefficient (Wildman–Crippen LogP) is -1.51. The minimum absolute atomic E-state index is 0.0829. The van der Waals surface area contributed by atoms with E-state index in [1.54, 1.807) is 0 Å². The predicted molar refractivity (Wildman–Crippen MR) is 42.6 cm³/mol. The van der Waals surface area contributed by atoms with E-state index in [2.05, 4.69) is 5.32 Å². The molecular formula is C7H15NO4. The number of aliphatic hydroxyl groups is 2. The smallest absolute Gasteiger partial charge is 0.217 e. The molecule has 0 saturated carbocycles. The summed E-state index contributed by atoms with van der Waals surface area (Å²) in [5, 5.41) is 20.2. The molecule has 5 nitrogen and oxygen atoms in total. The standard InChI is InChI=1S/C7H15NO4/c1-6(11)8-7(3-9,4-10)5-12-2/h9-10H,3-5H2,1-2H3,(H,8,11). The maximum absolute atomic E-state index is 10.7. The topological polar surface area (TPSA) is 78.8 Å². The van der Waals surface area contributed by atoms with Gasteiger partial charge in [0.2, 0.25) is 5.91 Å². The van der Waals surface area contributed by atoms with Crippen molar-refractivity contribution < 1.29 is 19.7 Å². The van der Waals surface area contributed by atoms with E-state index in [1.165, 1.54) is 14.0 Å². The first kappa shape index (κ1) is 11.4. The Labute approximate surface area is 71.3 Å². The van der Waals surface area contributed by atoms with Crippen molar-refractivity contribution in [1.82, 2.24) is 5.32 Å². The van der Waals surface area contributed by atoms with Crippen molar-refractivity contribution in [2.24, 2.45) is 0 Å². The van der Waals surface area contributed by atoms with Crippen LogP contribution in [-0.2, 0) is 9.53 Å². The van der Waals surface area contributed by atoms with Gasteiger partial charge in [-0.1, -0.05) is 0 Å².